The van der Waals surface area contributed by atoms with Gasteiger partial charge in [-0.2, -0.15) is 8.42 Å². The Labute approximate surface area is 185 Å². The second-order valence-corrected chi connectivity index (χ2v) is 10.6. The number of anilines is 1. The topological polar surface area (TPSA) is 87.2 Å². The van der Waals surface area contributed by atoms with Crippen LogP contribution in [0.3, 0.4) is 0 Å². The first-order valence-electron chi connectivity index (χ1n) is 10.2. The van der Waals surface area contributed by atoms with Crippen LogP contribution in [0.15, 0.2) is 51.8 Å². The summed E-state index contributed by atoms with van der Waals surface area (Å²) in [4.78, 5) is 4.64. The summed E-state index contributed by atoms with van der Waals surface area (Å²) in [5.74, 6) is 1.28. The molecular formula is C22H26BrN3O3S. The molecule has 0 spiro atoms. The maximum Gasteiger partial charge on any atom is 0.296 e. The number of benzene rings is 2. The molecule has 3 aromatic rings. The molecule has 0 radical (unpaired) electrons. The molecule has 4 rings (SSSR count). The van der Waals surface area contributed by atoms with Crippen LogP contribution < -0.4 is 5.73 Å². The lowest BCUT2D eigenvalue weighted by Gasteiger charge is -2.17. The number of hydrogen-bond acceptors (Lipinski definition) is 5. The summed E-state index contributed by atoms with van der Waals surface area (Å²) >= 11 is 3.50. The van der Waals surface area contributed by atoms with Crippen molar-refractivity contribution in [2.24, 2.45) is 11.8 Å². The van der Waals surface area contributed by atoms with Crippen molar-refractivity contribution in [3.05, 3.63) is 52.5 Å². The van der Waals surface area contributed by atoms with Gasteiger partial charge < -0.3 is 10.3 Å². The van der Waals surface area contributed by atoms with E-state index in [9.17, 15) is 8.42 Å². The zero-order valence-electron chi connectivity index (χ0n) is 16.9. The molecule has 1 saturated carbocycles. The van der Waals surface area contributed by atoms with E-state index in [1.54, 1.807) is 24.3 Å². The second-order valence-electron chi connectivity index (χ2n) is 8.05. The number of nitrogen functional groups attached to an aromatic ring is 1. The first kappa shape index (κ1) is 21.3. The molecule has 8 heteroatoms. The summed E-state index contributed by atoms with van der Waals surface area (Å²) in [5.41, 5.74) is 9.01. The molecule has 2 aromatic carbocycles. The fourth-order valence-electron chi connectivity index (χ4n) is 3.83. The molecule has 1 aromatic heterocycles. The van der Waals surface area contributed by atoms with Crippen molar-refractivity contribution in [1.82, 2.24) is 9.55 Å². The van der Waals surface area contributed by atoms with Crippen molar-refractivity contribution in [2.75, 3.05) is 12.3 Å². The molecule has 0 amide bonds. The van der Waals surface area contributed by atoms with Crippen molar-refractivity contribution >= 4 is 43.0 Å². The summed E-state index contributed by atoms with van der Waals surface area (Å²) in [5, 5.41) is 0. The Morgan fingerprint density at radius 2 is 1.97 bits per heavy atom. The van der Waals surface area contributed by atoms with Gasteiger partial charge in [-0.1, -0.05) is 33.6 Å². The van der Waals surface area contributed by atoms with Crippen LogP contribution in [0.25, 0.3) is 11.0 Å². The van der Waals surface area contributed by atoms with Crippen molar-refractivity contribution in [3.63, 3.8) is 0 Å². The normalized spacial score (nSPS) is 15.5. The van der Waals surface area contributed by atoms with Crippen LogP contribution >= 0.6 is 15.9 Å². The minimum absolute atomic E-state index is 0.214. The number of fused-ring (bicyclic) bond motifs is 1. The van der Waals surface area contributed by atoms with E-state index in [1.165, 1.54) is 0 Å². The van der Waals surface area contributed by atoms with Crippen LogP contribution in [-0.2, 0) is 20.8 Å². The molecule has 1 aliphatic rings. The zero-order chi connectivity index (χ0) is 21.3. The fourth-order valence-corrected chi connectivity index (χ4v) is 5.14. The average molecular weight is 492 g/mol. The standard InChI is InChI=1S/C22H26BrN3O3S/c1-15-4-9-19(10-5-15)30(27,28)29-14-17(16-6-7-16)3-2-12-26-21-13-18(23)8-11-20(21)25-22(26)24/h4-5,8-11,13,16-17H,2-3,6-7,12,14H2,1H3,(H2,24,25)/t17-/m1/s1. The molecule has 1 fully saturated rings. The van der Waals surface area contributed by atoms with Gasteiger partial charge in [0.05, 0.1) is 22.5 Å². The van der Waals surface area contributed by atoms with Gasteiger partial charge in [-0.25, -0.2) is 4.98 Å². The maximum atomic E-state index is 12.5. The molecule has 1 atom stereocenters. The van der Waals surface area contributed by atoms with Crippen LogP contribution in [-0.4, -0.2) is 24.6 Å². The SMILES string of the molecule is Cc1ccc(S(=O)(=O)OC[C@@H](CCCn2c(N)nc3ccc(Br)cc32)C2CC2)cc1. The molecule has 0 unspecified atom stereocenters. The lowest BCUT2D eigenvalue weighted by atomic mass is 9.99. The van der Waals surface area contributed by atoms with E-state index >= 15 is 0 Å². The quantitative estimate of drug-likeness (QED) is 0.430. The van der Waals surface area contributed by atoms with E-state index < -0.39 is 10.1 Å². The van der Waals surface area contributed by atoms with E-state index in [0.29, 0.717) is 11.9 Å². The highest BCUT2D eigenvalue weighted by Gasteiger charge is 2.32. The Hall–Kier alpha value is -1.90. The Morgan fingerprint density at radius 1 is 1.23 bits per heavy atom. The van der Waals surface area contributed by atoms with Gasteiger partial charge >= 0.3 is 0 Å². The van der Waals surface area contributed by atoms with E-state index in [4.69, 9.17) is 9.92 Å². The molecule has 0 bridgehead atoms. The van der Waals surface area contributed by atoms with Crippen LogP contribution in [0.1, 0.15) is 31.2 Å². The maximum absolute atomic E-state index is 12.5. The molecule has 1 heterocycles. The lowest BCUT2D eigenvalue weighted by Crippen LogP contribution is -2.17. The third-order valence-corrected chi connectivity index (χ3v) is 7.52. The first-order valence-corrected chi connectivity index (χ1v) is 12.4. The van der Waals surface area contributed by atoms with Crippen molar-refractivity contribution in [3.8, 4) is 0 Å². The highest BCUT2D eigenvalue weighted by molar-refractivity contribution is 9.10. The van der Waals surface area contributed by atoms with Gasteiger partial charge in [0.25, 0.3) is 10.1 Å². The summed E-state index contributed by atoms with van der Waals surface area (Å²) in [6.07, 6.45) is 4.06. The molecule has 0 aliphatic heterocycles. The molecule has 160 valence electrons. The first-order chi connectivity index (χ1) is 14.3. The van der Waals surface area contributed by atoms with Gasteiger partial charge in [0.1, 0.15) is 0 Å². The molecule has 2 N–H and O–H groups in total. The number of halogens is 1. The number of hydrogen-bond donors (Lipinski definition) is 1. The minimum atomic E-state index is -3.73. The van der Waals surface area contributed by atoms with Gasteiger partial charge in [-0.05, 0) is 74.8 Å². The van der Waals surface area contributed by atoms with Crippen LogP contribution in [0.5, 0.6) is 0 Å². The van der Waals surface area contributed by atoms with E-state index in [2.05, 4.69) is 20.9 Å². The van der Waals surface area contributed by atoms with Crippen molar-refractivity contribution in [2.45, 2.75) is 44.0 Å². The molecular weight excluding hydrogens is 466 g/mol. The Kier molecular flexibility index (Phi) is 6.18. The highest BCUT2D eigenvalue weighted by atomic mass is 79.9. The monoisotopic (exact) mass is 491 g/mol. The number of imidazole rings is 1. The van der Waals surface area contributed by atoms with Gasteiger partial charge in [0, 0.05) is 11.0 Å². The molecule has 6 nitrogen and oxygen atoms in total. The van der Waals surface area contributed by atoms with E-state index in [-0.39, 0.29) is 17.4 Å². The van der Waals surface area contributed by atoms with Crippen molar-refractivity contribution in [1.29, 1.82) is 0 Å². The van der Waals surface area contributed by atoms with Crippen molar-refractivity contribution < 1.29 is 12.6 Å². The van der Waals surface area contributed by atoms with E-state index in [0.717, 1.165) is 53.3 Å². The Bertz CT molecular complexity index is 1140. The average Bonchev–Trinajstić information content (AvgIpc) is 3.50. The number of nitrogens with zero attached hydrogens (tertiary/aromatic N) is 2. The molecule has 0 saturated heterocycles. The highest BCUT2D eigenvalue weighted by Crippen LogP contribution is 2.40. The number of rotatable bonds is 9. The van der Waals surface area contributed by atoms with Crippen LogP contribution in [0.2, 0.25) is 0 Å². The van der Waals surface area contributed by atoms with Crippen LogP contribution in [0, 0.1) is 18.8 Å². The molecule has 1 aliphatic carbocycles. The minimum Gasteiger partial charge on any atom is -0.369 e. The van der Waals surface area contributed by atoms with Gasteiger partial charge in [-0.3, -0.25) is 4.18 Å². The largest absolute Gasteiger partial charge is 0.369 e. The third-order valence-electron chi connectivity index (χ3n) is 5.73. The lowest BCUT2D eigenvalue weighted by molar-refractivity contribution is 0.223. The van der Waals surface area contributed by atoms with Crippen LogP contribution in [0.4, 0.5) is 5.95 Å². The predicted octanol–water partition coefficient (Wildman–Crippen LogP) is 4.90. The summed E-state index contributed by atoms with van der Waals surface area (Å²) in [7, 11) is -3.73. The Balaban J connectivity index is 1.38. The Morgan fingerprint density at radius 3 is 2.67 bits per heavy atom. The molecule has 30 heavy (non-hydrogen) atoms. The summed E-state index contributed by atoms with van der Waals surface area (Å²) < 4.78 is 33.5. The number of aromatic nitrogens is 2. The fraction of sp³-hybridized carbons (Fsp3) is 0.409. The van der Waals surface area contributed by atoms with E-state index in [1.807, 2.05) is 29.7 Å². The summed E-state index contributed by atoms with van der Waals surface area (Å²) in [6.45, 7) is 2.90. The zero-order valence-corrected chi connectivity index (χ0v) is 19.3. The van der Waals surface area contributed by atoms with Gasteiger partial charge in [0.2, 0.25) is 5.95 Å². The third kappa shape index (κ3) is 4.87. The number of nitrogens with two attached hydrogens (primary N) is 1. The van der Waals surface area contributed by atoms with Gasteiger partial charge in [-0.15, -0.1) is 0 Å². The second kappa shape index (κ2) is 8.69. The van der Waals surface area contributed by atoms with Gasteiger partial charge in [0.15, 0.2) is 0 Å². The summed E-state index contributed by atoms with van der Waals surface area (Å²) in [6, 6.07) is 12.7. The predicted molar refractivity (Wildman–Crippen MR) is 122 cm³/mol. The number of aryl methyl sites for hydroxylation is 2. The smallest absolute Gasteiger partial charge is 0.296 e.